The average Bonchev–Trinajstić information content (AvgIpc) is 3.17. The first-order chi connectivity index (χ1) is 20.3. The van der Waals surface area contributed by atoms with Crippen molar-refractivity contribution in [3.05, 3.63) is 94.6 Å². The quantitative estimate of drug-likeness (QED) is 0.280. The third-order valence-electron chi connectivity index (χ3n) is 7.90. The fraction of sp³-hybridized carbons (Fsp3) is 0.281. The van der Waals surface area contributed by atoms with Crippen LogP contribution in [-0.4, -0.2) is 49.5 Å². The number of benzene rings is 2. The van der Waals surface area contributed by atoms with E-state index in [2.05, 4.69) is 31.2 Å². The van der Waals surface area contributed by atoms with Crippen LogP contribution in [-0.2, 0) is 19.7 Å². The van der Waals surface area contributed by atoms with E-state index in [0.29, 0.717) is 17.3 Å². The number of hydrogen-bond acceptors (Lipinski definition) is 8. The van der Waals surface area contributed by atoms with E-state index in [4.69, 9.17) is 16.3 Å². The Morgan fingerprint density at radius 2 is 1.81 bits per heavy atom. The molecule has 3 aromatic rings. The largest absolute Gasteiger partial charge is 0.379 e. The van der Waals surface area contributed by atoms with E-state index in [1.165, 1.54) is 0 Å². The minimum atomic E-state index is -0.808. The van der Waals surface area contributed by atoms with Gasteiger partial charge in [-0.15, -0.1) is 0 Å². The van der Waals surface area contributed by atoms with Gasteiger partial charge in [-0.2, -0.15) is 0 Å². The summed E-state index contributed by atoms with van der Waals surface area (Å²) in [6, 6.07) is 17.3. The summed E-state index contributed by atoms with van der Waals surface area (Å²) in [5, 5.41) is 13.6. The van der Waals surface area contributed by atoms with Crippen LogP contribution in [0.4, 0.5) is 28.4 Å². The number of pyridine rings is 1. The van der Waals surface area contributed by atoms with Gasteiger partial charge in [0.25, 0.3) is 0 Å². The minimum Gasteiger partial charge on any atom is -0.379 e. The molecule has 2 aromatic carbocycles. The molecule has 1 fully saturated rings. The predicted molar refractivity (Wildman–Crippen MR) is 167 cm³/mol. The van der Waals surface area contributed by atoms with Gasteiger partial charge in [0.05, 0.1) is 36.4 Å². The van der Waals surface area contributed by atoms with Gasteiger partial charge in [0.2, 0.25) is 5.91 Å². The summed E-state index contributed by atoms with van der Waals surface area (Å²) in [7, 11) is 0. The van der Waals surface area contributed by atoms with Gasteiger partial charge >= 0.3 is 0 Å². The number of hydrogen-bond donors (Lipinski definition) is 4. The lowest BCUT2D eigenvalue weighted by molar-refractivity contribution is -0.120. The monoisotopic (exact) mass is 584 g/mol. The Morgan fingerprint density at radius 1 is 1.02 bits per heavy atom. The molecule has 1 aromatic heterocycles. The van der Waals surface area contributed by atoms with Gasteiger partial charge in [-0.3, -0.25) is 9.59 Å². The van der Waals surface area contributed by atoms with Crippen LogP contribution in [0, 0.1) is 0 Å². The maximum absolute atomic E-state index is 13.5. The molecule has 2 aliphatic heterocycles. The van der Waals surface area contributed by atoms with Crippen LogP contribution in [0.2, 0.25) is 5.15 Å². The van der Waals surface area contributed by atoms with Gasteiger partial charge in [-0.05, 0) is 74.0 Å². The predicted octanol–water partition coefficient (Wildman–Crippen LogP) is 5.55. The molecule has 6 rings (SSSR count). The second-order valence-corrected chi connectivity index (χ2v) is 11.5. The highest BCUT2D eigenvalue weighted by molar-refractivity contribution is 6.29. The van der Waals surface area contributed by atoms with Gasteiger partial charge in [0.1, 0.15) is 5.15 Å². The van der Waals surface area contributed by atoms with Crippen LogP contribution in [0.15, 0.2) is 83.8 Å². The van der Waals surface area contributed by atoms with Crippen molar-refractivity contribution in [3.63, 3.8) is 0 Å². The number of ketones is 1. The first-order valence-corrected chi connectivity index (χ1v) is 14.4. The van der Waals surface area contributed by atoms with Crippen molar-refractivity contribution in [1.82, 2.24) is 4.98 Å². The Kier molecular flexibility index (Phi) is 7.62. The van der Waals surface area contributed by atoms with Crippen molar-refractivity contribution in [3.8, 4) is 0 Å². The number of nitrogens with one attached hydrogen (secondary N) is 4. The number of amides is 1. The Hall–Kier alpha value is -4.34. The van der Waals surface area contributed by atoms with Crippen LogP contribution < -0.4 is 26.2 Å². The number of allylic oxidation sites excluding steroid dienone is 2. The zero-order chi connectivity index (χ0) is 29.3. The molecule has 0 radical (unpaired) electrons. The molecule has 216 valence electrons. The van der Waals surface area contributed by atoms with Gasteiger partial charge in [-0.1, -0.05) is 17.7 Å². The van der Waals surface area contributed by atoms with Crippen molar-refractivity contribution in [2.24, 2.45) is 0 Å². The lowest BCUT2D eigenvalue weighted by Gasteiger charge is -2.29. The standard InChI is InChI=1S/C32H33ClN6O3/c1-32(2,31(41)37-21-4-6-24(7-5-21)39-11-13-42-14-12-39)20-3-8-26-28(15-20)35-19-25-27(38-26)16-23(17-29(25)40)36-22-9-10-34-30(33)18-22/h3-10,15-16,18,35,38H,11-14,17,19H2,1-2H3,(H,34,36)(H,37,41). The third-order valence-corrected chi connectivity index (χ3v) is 8.10. The van der Waals surface area contributed by atoms with Crippen LogP contribution in [0.5, 0.6) is 0 Å². The van der Waals surface area contributed by atoms with Crippen molar-refractivity contribution >= 4 is 51.7 Å². The molecule has 42 heavy (non-hydrogen) atoms. The van der Waals surface area contributed by atoms with Crippen molar-refractivity contribution < 1.29 is 14.3 Å². The molecule has 0 unspecified atom stereocenters. The topological polar surface area (TPSA) is 108 Å². The van der Waals surface area contributed by atoms with Crippen LogP contribution in [0.1, 0.15) is 25.8 Å². The molecule has 0 spiro atoms. The third kappa shape index (κ3) is 5.84. The van der Waals surface area contributed by atoms with Crippen LogP contribution in [0.3, 0.4) is 0 Å². The van der Waals surface area contributed by atoms with E-state index in [-0.39, 0.29) is 18.1 Å². The molecule has 0 atom stereocenters. The molecule has 9 nitrogen and oxygen atoms in total. The maximum atomic E-state index is 13.5. The van der Waals surface area contributed by atoms with Crippen LogP contribution >= 0.6 is 11.6 Å². The Labute approximate surface area is 250 Å². The molecule has 0 bridgehead atoms. The number of Topliss-reactive ketones (excluding diaryl/α,β-unsaturated/α-hetero) is 1. The van der Waals surface area contributed by atoms with E-state index in [9.17, 15) is 9.59 Å². The summed E-state index contributed by atoms with van der Waals surface area (Å²) in [4.78, 5) is 32.8. The maximum Gasteiger partial charge on any atom is 0.234 e. The second kappa shape index (κ2) is 11.5. The summed E-state index contributed by atoms with van der Waals surface area (Å²) < 4.78 is 5.44. The highest BCUT2D eigenvalue weighted by Crippen LogP contribution is 2.36. The number of anilines is 5. The van der Waals surface area contributed by atoms with E-state index in [0.717, 1.165) is 71.7 Å². The minimum absolute atomic E-state index is 0.0301. The van der Waals surface area contributed by atoms with Crippen molar-refractivity contribution in [2.45, 2.75) is 25.7 Å². The Balaban J connectivity index is 1.16. The van der Waals surface area contributed by atoms with Gasteiger partial charge in [-0.25, -0.2) is 4.98 Å². The summed E-state index contributed by atoms with van der Waals surface area (Å²) in [5.74, 6) is -0.0758. The number of rotatable bonds is 6. The van der Waals surface area contributed by atoms with E-state index in [1.54, 1.807) is 18.3 Å². The number of morpholine rings is 1. The highest BCUT2D eigenvalue weighted by atomic mass is 35.5. The number of ether oxygens (including phenoxy) is 1. The molecule has 3 heterocycles. The van der Waals surface area contributed by atoms with Gasteiger partial charge < -0.3 is 30.9 Å². The molecule has 4 N–H and O–H groups in total. The fourth-order valence-electron chi connectivity index (χ4n) is 5.31. The zero-order valence-electron chi connectivity index (χ0n) is 23.6. The number of fused-ring (bicyclic) bond motifs is 1. The summed E-state index contributed by atoms with van der Waals surface area (Å²) in [6.07, 6.45) is 3.83. The van der Waals surface area contributed by atoms with Gasteiger partial charge in [0, 0.05) is 59.9 Å². The lowest BCUT2D eigenvalue weighted by Crippen LogP contribution is -2.36. The molecular weight excluding hydrogens is 552 g/mol. The summed E-state index contributed by atoms with van der Waals surface area (Å²) in [5.41, 5.74) is 6.54. The summed E-state index contributed by atoms with van der Waals surface area (Å²) >= 11 is 6.02. The van der Waals surface area contributed by atoms with E-state index < -0.39 is 5.41 Å². The molecule has 10 heteroatoms. The number of aromatic nitrogens is 1. The smallest absolute Gasteiger partial charge is 0.234 e. The lowest BCUT2D eigenvalue weighted by atomic mass is 9.83. The van der Waals surface area contributed by atoms with E-state index in [1.807, 2.05) is 62.4 Å². The first-order valence-electron chi connectivity index (χ1n) is 14.0. The SMILES string of the molecule is CC(C)(C(=O)Nc1ccc(N2CCOCC2)cc1)c1ccc2c(c1)NCC1=C(C=C(Nc3ccnc(Cl)c3)CC1=O)N2. The molecule has 0 saturated carbocycles. The number of halogens is 1. The van der Waals surface area contributed by atoms with E-state index >= 15 is 0 Å². The average molecular weight is 585 g/mol. The molecule has 3 aliphatic rings. The molecule has 1 saturated heterocycles. The van der Waals surface area contributed by atoms with Crippen LogP contribution in [0.25, 0.3) is 0 Å². The Morgan fingerprint density at radius 3 is 2.57 bits per heavy atom. The van der Waals surface area contributed by atoms with Gasteiger partial charge in [0.15, 0.2) is 5.78 Å². The first kappa shape index (κ1) is 27.8. The fourth-order valence-corrected chi connectivity index (χ4v) is 5.48. The Bertz CT molecular complexity index is 1590. The normalized spacial score (nSPS) is 16.8. The van der Waals surface area contributed by atoms with Crippen molar-refractivity contribution in [2.75, 3.05) is 59.0 Å². The second-order valence-electron chi connectivity index (χ2n) is 11.1. The zero-order valence-corrected chi connectivity index (χ0v) is 24.3. The molecular formula is C32H33ClN6O3. The molecule has 1 amide bonds. The highest BCUT2D eigenvalue weighted by Gasteiger charge is 2.32. The van der Waals surface area contributed by atoms with Crippen molar-refractivity contribution in [1.29, 1.82) is 0 Å². The molecule has 1 aliphatic carbocycles. The summed E-state index contributed by atoms with van der Waals surface area (Å²) in [6.45, 7) is 7.38. The number of nitrogens with zero attached hydrogens (tertiary/aromatic N) is 2. The number of carbonyl (C=O) groups is 2. The number of carbonyl (C=O) groups excluding carboxylic acids is 2.